The largest absolute Gasteiger partial charge is 0.481 e. The molecule has 1 fully saturated rings. The Morgan fingerprint density at radius 3 is 2.68 bits per heavy atom. The second-order valence-corrected chi connectivity index (χ2v) is 5.03. The summed E-state index contributed by atoms with van der Waals surface area (Å²) in [4.78, 5) is 34.5. The van der Waals surface area contributed by atoms with Crippen LogP contribution >= 0.6 is 0 Å². The number of ether oxygens (including phenoxy) is 1. The molecule has 2 heterocycles. The lowest BCUT2D eigenvalue weighted by atomic mass is 10.1. The Morgan fingerprint density at radius 1 is 1.45 bits per heavy atom. The molecule has 0 bridgehead atoms. The lowest BCUT2D eigenvalue weighted by Crippen LogP contribution is -2.46. The number of nitrogen functional groups attached to an aromatic ring is 1. The lowest BCUT2D eigenvalue weighted by Gasteiger charge is -2.16. The standard InChI is InChI=1S/C12H17N3O7/c13-15-11(20)6(1-2-10(18)19)4-14(12(15)21)9-3-7(17)8(5-16)22-9/h4,7-9,16-17H,1-3,5,13H2,(H,18,19)/t7-,8?,9?/m1/s1. The first kappa shape index (κ1) is 16.2. The molecule has 0 aromatic carbocycles. The maximum Gasteiger partial charge on any atom is 0.351 e. The number of aromatic nitrogens is 2. The zero-order chi connectivity index (χ0) is 16.4. The number of hydrogen-bond acceptors (Lipinski definition) is 7. The van der Waals surface area contributed by atoms with Gasteiger partial charge >= 0.3 is 11.7 Å². The van der Waals surface area contributed by atoms with E-state index in [4.69, 9.17) is 20.8 Å². The molecule has 1 saturated heterocycles. The van der Waals surface area contributed by atoms with E-state index in [0.29, 0.717) is 4.68 Å². The van der Waals surface area contributed by atoms with E-state index < -0.39 is 42.3 Å². The van der Waals surface area contributed by atoms with Crippen LogP contribution in [0, 0.1) is 0 Å². The molecule has 0 amide bonds. The molecule has 22 heavy (non-hydrogen) atoms. The highest BCUT2D eigenvalue weighted by atomic mass is 16.5. The summed E-state index contributed by atoms with van der Waals surface area (Å²) in [6.07, 6.45) is -1.83. The fourth-order valence-electron chi connectivity index (χ4n) is 2.31. The second-order valence-electron chi connectivity index (χ2n) is 5.03. The number of aliphatic hydroxyl groups excluding tert-OH is 2. The van der Waals surface area contributed by atoms with Crippen LogP contribution in [0.5, 0.6) is 0 Å². The minimum atomic E-state index is -1.09. The summed E-state index contributed by atoms with van der Waals surface area (Å²) < 4.78 is 6.74. The van der Waals surface area contributed by atoms with Crippen LogP contribution in [0.4, 0.5) is 0 Å². The number of aryl methyl sites for hydroxylation is 1. The minimum absolute atomic E-state index is 0.0434. The highest BCUT2D eigenvalue weighted by Gasteiger charge is 2.35. The maximum absolute atomic E-state index is 12.0. The van der Waals surface area contributed by atoms with Gasteiger partial charge in [-0.3, -0.25) is 14.2 Å². The Bertz CT molecular complexity index is 680. The first-order valence-corrected chi connectivity index (χ1v) is 6.63. The molecule has 1 aliphatic heterocycles. The van der Waals surface area contributed by atoms with E-state index in [9.17, 15) is 19.5 Å². The summed E-state index contributed by atoms with van der Waals surface area (Å²) in [5.74, 6) is 4.33. The Kier molecular flexibility index (Phi) is 4.64. The third-order valence-electron chi connectivity index (χ3n) is 3.52. The van der Waals surface area contributed by atoms with Gasteiger partial charge in [-0.05, 0) is 6.42 Å². The molecule has 1 aromatic heterocycles. The minimum Gasteiger partial charge on any atom is -0.481 e. The molecule has 2 unspecified atom stereocenters. The van der Waals surface area contributed by atoms with Gasteiger partial charge in [0.05, 0.1) is 12.7 Å². The van der Waals surface area contributed by atoms with Crippen molar-refractivity contribution in [3.63, 3.8) is 0 Å². The van der Waals surface area contributed by atoms with Crippen LogP contribution in [0.3, 0.4) is 0 Å². The molecule has 0 radical (unpaired) electrons. The zero-order valence-electron chi connectivity index (χ0n) is 11.6. The van der Waals surface area contributed by atoms with Gasteiger partial charge in [0.1, 0.15) is 12.3 Å². The normalized spacial score (nSPS) is 24.5. The van der Waals surface area contributed by atoms with E-state index in [-0.39, 0.29) is 24.8 Å². The van der Waals surface area contributed by atoms with Crippen molar-refractivity contribution < 1.29 is 24.9 Å². The van der Waals surface area contributed by atoms with Gasteiger partial charge in [-0.2, -0.15) is 4.68 Å². The number of aliphatic hydroxyl groups is 2. The van der Waals surface area contributed by atoms with Crippen molar-refractivity contribution in [1.29, 1.82) is 0 Å². The third-order valence-corrected chi connectivity index (χ3v) is 3.52. The summed E-state index contributed by atoms with van der Waals surface area (Å²) in [5.41, 5.74) is -1.57. The molecule has 0 spiro atoms. The predicted octanol–water partition coefficient (Wildman–Crippen LogP) is -2.62. The smallest absolute Gasteiger partial charge is 0.351 e. The van der Waals surface area contributed by atoms with E-state index in [2.05, 4.69) is 0 Å². The van der Waals surface area contributed by atoms with Crippen LogP contribution in [0.2, 0.25) is 0 Å². The Morgan fingerprint density at radius 2 is 2.14 bits per heavy atom. The molecule has 3 atom stereocenters. The van der Waals surface area contributed by atoms with Gasteiger partial charge in [0.15, 0.2) is 0 Å². The fraction of sp³-hybridized carbons (Fsp3) is 0.583. The first-order valence-electron chi connectivity index (χ1n) is 6.63. The summed E-state index contributed by atoms with van der Waals surface area (Å²) in [5, 5.41) is 27.4. The molecule has 1 aromatic rings. The van der Waals surface area contributed by atoms with Crippen molar-refractivity contribution in [3.8, 4) is 0 Å². The van der Waals surface area contributed by atoms with E-state index in [1.807, 2.05) is 0 Å². The van der Waals surface area contributed by atoms with Crippen molar-refractivity contribution in [1.82, 2.24) is 9.24 Å². The highest BCUT2D eigenvalue weighted by molar-refractivity contribution is 5.67. The molecule has 10 nitrogen and oxygen atoms in total. The summed E-state index contributed by atoms with van der Waals surface area (Å²) in [7, 11) is 0. The maximum atomic E-state index is 12.0. The van der Waals surface area contributed by atoms with Crippen molar-refractivity contribution >= 4 is 5.97 Å². The van der Waals surface area contributed by atoms with Crippen molar-refractivity contribution in [2.75, 3.05) is 12.4 Å². The number of carbonyl (C=O) groups is 1. The quantitative estimate of drug-likeness (QED) is 0.430. The Labute approximate surface area is 123 Å². The van der Waals surface area contributed by atoms with Gasteiger partial charge in [0, 0.05) is 24.6 Å². The van der Waals surface area contributed by atoms with E-state index >= 15 is 0 Å². The lowest BCUT2D eigenvalue weighted by molar-refractivity contribution is -0.136. The molecule has 0 saturated carbocycles. The molecule has 1 aliphatic rings. The van der Waals surface area contributed by atoms with Crippen LogP contribution in [0.1, 0.15) is 24.6 Å². The van der Waals surface area contributed by atoms with Gasteiger partial charge in [-0.1, -0.05) is 0 Å². The van der Waals surface area contributed by atoms with Crippen molar-refractivity contribution in [2.45, 2.75) is 37.7 Å². The number of hydrogen-bond donors (Lipinski definition) is 4. The van der Waals surface area contributed by atoms with Gasteiger partial charge in [-0.15, -0.1) is 0 Å². The average Bonchev–Trinajstić information content (AvgIpc) is 2.84. The number of carboxylic acid groups (broad SMARTS) is 1. The Hall–Kier alpha value is -2.17. The average molecular weight is 315 g/mol. The number of nitrogens with zero attached hydrogens (tertiary/aromatic N) is 2. The van der Waals surface area contributed by atoms with Gasteiger partial charge in [-0.25, -0.2) is 4.79 Å². The van der Waals surface area contributed by atoms with E-state index in [0.717, 1.165) is 4.57 Å². The molecule has 5 N–H and O–H groups in total. The first-order chi connectivity index (χ1) is 10.3. The van der Waals surface area contributed by atoms with Crippen molar-refractivity contribution in [2.24, 2.45) is 0 Å². The molecule has 10 heteroatoms. The van der Waals surface area contributed by atoms with Crippen LogP contribution < -0.4 is 17.1 Å². The fourth-order valence-corrected chi connectivity index (χ4v) is 2.31. The molecule has 0 aliphatic carbocycles. The summed E-state index contributed by atoms with van der Waals surface area (Å²) in [6.45, 7) is -0.416. The summed E-state index contributed by atoms with van der Waals surface area (Å²) >= 11 is 0. The van der Waals surface area contributed by atoms with Gasteiger partial charge in [0.2, 0.25) is 0 Å². The number of aliphatic carboxylic acids is 1. The van der Waals surface area contributed by atoms with Crippen LogP contribution in [-0.4, -0.2) is 49.3 Å². The number of carboxylic acids is 1. The van der Waals surface area contributed by atoms with Crippen LogP contribution in [0.25, 0.3) is 0 Å². The zero-order valence-corrected chi connectivity index (χ0v) is 11.6. The summed E-state index contributed by atoms with van der Waals surface area (Å²) in [6, 6.07) is 0. The third kappa shape index (κ3) is 3.03. The Balaban J connectivity index is 2.38. The monoisotopic (exact) mass is 315 g/mol. The van der Waals surface area contributed by atoms with Gasteiger partial charge in [0.25, 0.3) is 5.56 Å². The van der Waals surface area contributed by atoms with Crippen molar-refractivity contribution in [3.05, 3.63) is 32.6 Å². The topological polar surface area (TPSA) is 157 Å². The highest BCUT2D eigenvalue weighted by Crippen LogP contribution is 2.27. The van der Waals surface area contributed by atoms with Crippen LogP contribution in [-0.2, 0) is 16.0 Å². The molecular weight excluding hydrogens is 298 g/mol. The second kappa shape index (κ2) is 6.30. The molecule has 2 rings (SSSR count). The SMILES string of the molecule is Nn1c(=O)c(CCC(=O)O)cn(C2C[C@@H](O)C(CO)O2)c1=O. The van der Waals surface area contributed by atoms with E-state index in [1.165, 1.54) is 6.20 Å². The molecule has 122 valence electrons. The van der Waals surface area contributed by atoms with Crippen LogP contribution in [0.15, 0.2) is 15.8 Å². The number of rotatable bonds is 5. The number of nitrogens with two attached hydrogens (primary N) is 1. The predicted molar refractivity (Wildman–Crippen MR) is 72.7 cm³/mol. The molecular formula is C12H17N3O7. The van der Waals surface area contributed by atoms with E-state index in [1.54, 1.807) is 0 Å². The van der Waals surface area contributed by atoms with Gasteiger partial charge < -0.3 is 25.9 Å².